The minimum Gasteiger partial charge on any atom is -0.398 e. The Kier molecular flexibility index (Phi) is 3.46. The lowest BCUT2D eigenvalue weighted by Gasteiger charge is -2.22. The minimum absolute atomic E-state index is 0.0475. The fraction of sp³-hybridized carbons (Fsp3) is 0.357. The zero-order valence-electron chi connectivity index (χ0n) is 11.8. The molecule has 3 rings (SSSR count). The highest BCUT2D eigenvalue weighted by Gasteiger charge is 2.39. The summed E-state index contributed by atoms with van der Waals surface area (Å²) in [5.41, 5.74) is 6.12. The van der Waals surface area contributed by atoms with E-state index in [1.165, 1.54) is 4.31 Å². The Labute approximate surface area is 124 Å². The fourth-order valence-electron chi connectivity index (χ4n) is 2.30. The summed E-state index contributed by atoms with van der Waals surface area (Å²) < 4.78 is 29.1. The SMILES string of the molecule is Cn1ccnc1CN(C1CC1)S(=O)(=O)c1ccccc1N. The van der Waals surface area contributed by atoms with E-state index in [1.54, 1.807) is 30.5 Å². The van der Waals surface area contributed by atoms with Gasteiger partial charge < -0.3 is 10.3 Å². The number of nitrogen functional groups attached to an aromatic ring is 1. The molecule has 1 fully saturated rings. The van der Waals surface area contributed by atoms with Gasteiger partial charge >= 0.3 is 0 Å². The summed E-state index contributed by atoms with van der Waals surface area (Å²) in [5, 5.41) is 0. The van der Waals surface area contributed by atoms with Gasteiger partial charge in [0.2, 0.25) is 10.0 Å². The Morgan fingerprint density at radius 2 is 2.10 bits per heavy atom. The lowest BCUT2D eigenvalue weighted by Crippen LogP contribution is -2.34. The first-order valence-electron chi connectivity index (χ1n) is 6.82. The van der Waals surface area contributed by atoms with Gasteiger partial charge in [-0.15, -0.1) is 0 Å². The van der Waals surface area contributed by atoms with Crippen LogP contribution in [0.2, 0.25) is 0 Å². The number of benzene rings is 1. The van der Waals surface area contributed by atoms with E-state index in [9.17, 15) is 8.42 Å². The number of hydrogen-bond donors (Lipinski definition) is 1. The molecule has 2 aromatic rings. The van der Waals surface area contributed by atoms with Gasteiger partial charge in [-0.2, -0.15) is 4.31 Å². The van der Waals surface area contributed by atoms with Crippen LogP contribution in [-0.2, 0) is 23.6 Å². The monoisotopic (exact) mass is 306 g/mol. The highest BCUT2D eigenvalue weighted by atomic mass is 32.2. The van der Waals surface area contributed by atoms with Gasteiger partial charge in [-0.25, -0.2) is 13.4 Å². The van der Waals surface area contributed by atoms with Gasteiger partial charge in [0.15, 0.2) is 0 Å². The number of nitrogens with zero attached hydrogens (tertiary/aromatic N) is 3. The van der Waals surface area contributed by atoms with Crippen molar-refractivity contribution in [2.45, 2.75) is 30.3 Å². The normalized spacial score (nSPS) is 15.5. The lowest BCUT2D eigenvalue weighted by molar-refractivity contribution is 0.385. The van der Waals surface area contributed by atoms with E-state index in [0.29, 0.717) is 0 Å². The Morgan fingerprint density at radius 1 is 1.38 bits per heavy atom. The van der Waals surface area contributed by atoms with Crippen LogP contribution in [0, 0.1) is 0 Å². The third kappa shape index (κ3) is 2.66. The molecule has 0 bridgehead atoms. The van der Waals surface area contributed by atoms with E-state index in [4.69, 9.17) is 5.73 Å². The molecule has 0 atom stereocenters. The van der Waals surface area contributed by atoms with Crippen molar-refractivity contribution in [2.24, 2.45) is 7.05 Å². The number of rotatable bonds is 5. The van der Waals surface area contributed by atoms with Crippen LogP contribution in [0.3, 0.4) is 0 Å². The first kappa shape index (κ1) is 14.1. The number of hydrogen-bond acceptors (Lipinski definition) is 4. The first-order valence-corrected chi connectivity index (χ1v) is 8.26. The van der Waals surface area contributed by atoms with Gasteiger partial charge in [0.05, 0.1) is 12.2 Å². The van der Waals surface area contributed by atoms with Crippen molar-refractivity contribution in [2.75, 3.05) is 5.73 Å². The number of imidazole rings is 1. The van der Waals surface area contributed by atoms with Crippen LogP contribution >= 0.6 is 0 Å². The Hall–Kier alpha value is -1.86. The molecular formula is C14H18N4O2S. The van der Waals surface area contributed by atoms with Crippen LogP contribution in [0.5, 0.6) is 0 Å². The zero-order valence-corrected chi connectivity index (χ0v) is 12.6. The molecule has 1 aliphatic rings. The Bertz CT molecular complexity index is 750. The van der Waals surface area contributed by atoms with E-state index < -0.39 is 10.0 Å². The number of sulfonamides is 1. The average Bonchev–Trinajstić information content (AvgIpc) is 3.20. The summed E-state index contributed by atoms with van der Waals surface area (Å²) in [5.74, 6) is 0.722. The topological polar surface area (TPSA) is 81.2 Å². The van der Waals surface area contributed by atoms with Crippen molar-refractivity contribution >= 4 is 15.7 Å². The van der Waals surface area contributed by atoms with E-state index in [1.807, 2.05) is 17.8 Å². The van der Waals surface area contributed by atoms with Crippen molar-refractivity contribution < 1.29 is 8.42 Å². The molecule has 2 N–H and O–H groups in total. The molecular weight excluding hydrogens is 288 g/mol. The summed E-state index contributed by atoms with van der Waals surface area (Å²) in [4.78, 5) is 4.39. The molecule has 0 amide bonds. The molecule has 0 radical (unpaired) electrons. The maximum absolute atomic E-state index is 12.9. The van der Waals surface area contributed by atoms with Crippen LogP contribution < -0.4 is 5.73 Å². The third-order valence-corrected chi connectivity index (χ3v) is 5.65. The molecule has 0 spiro atoms. The summed E-state index contributed by atoms with van der Waals surface area (Å²) in [6, 6.07) is 6.63. The second-order valence-corrected chi connectivity index (χ2v) is 7.13. The molecule has 1 saturated carbocycles. The second-order valence-electron chi connectivity index (χ2n) is 5.27. The maximum Gasteiger partial charge on any atom is 0.245 e. The molecule has 1 aromatic heterocycles. The van der Waals surface area contributed by atoms with Crippen LogP contribution in [0.25, 0.3) is 0 Å². The largest absolute Gasteiger partial charge is 0.398 e. The van der Waals surface area contributed by atoms with Gasteiger partial charge in [-0.3, -0.25) is 0 Å². The van der Waals surface area contributed by atoms with Gasteiger partial charge in [0.25, 0.3) is 0 Å². The summed E-state index contributed by atoms with van der Waals surface area (Å²) in [6.45, 7) is 0.269. The van der Waals surface area contributed by atoms with Crippen LogP contribution in [0.1, 0.15) is 18.7 Å². The van der Waals surface area contributed by atoms with Crippen molar-refractivity contribution in [3.63, 3.8) is 0 Å². The molecule has 1 aromatic carbocycles. The Balaban J connectivity index is 1.97. The molecule has 112 valence electrons. The predicted octanol–water partition coefficient (Wildman–Crippen LogP) is 1.36. The highest BCUT2D eigenvalue weighted by molar-refractivity contribution is 7.89. The number of aryl methyl sites for hydroxylation is 1. The maximum atomic E-state index is 12.9. The predicted molar refractivity (Wildman–Crippen MR) is 79.8 cm³/mol. The smallest absolute Gasteiger partial charge is 0.245 e. The third-order valence-electron chi connectivity index (χ3n) is 3.68. The van der Waals surface area contributed by atoms with E-state index in [2.05, 4.69) is 4.98 Å². The van der Waals surface area contributed by atoms with Crippen molar-refractivity contribution in [1.82, 2.24) is 13.9 Å². The summed E-state index contributed by atoms with van der Waals surface area (Å²) in [6.07, 6.45) is 5.25. The molecule has 0 saturated heterocycles. The number of para-hydroxylation sites is 1. The van der Waals surface area contributed by atoms with Crippen molar-refractivity contribution in [1.29, 1.82) is 0 Å². The standard InChI is InChI=1S/C14H18N4O2S/c1-17-9-8-16-14(17)10-18(11-6-7-11)21(19,20)13-5-3-2-4-12(13)15/h2-5,8-9,11H,6-7,10,15H2,1H3. The van der Waals surface area contributed by atoms with E-state index in [-0.39, 0.29) is 23.2 Å². The van der Waals surface area contributed by atoms with E-state index in [0.717, 1.165) is 18.7 Å². The summed E-state index contributed by atoms with van der Waals surface area (Å²) >= 11 is 0. The lowest BCUT2D eigenvalue weighted by atomic mass is 10.3. The quantitative estimate of drug-likeness (QED) is 0.846. The highest BCUT2D eigenvalue weighted by Crippen LogP contribution is 2.34. The first-order chi connectivity index (χ1) is 10.00. The zero-order chi connectivity index (χ0) is 15.0. The minimum atomic E-state index is -3.61. The molecule has 7 heteroatoms. The van der Waals surface area contributed by atoms with Crippen molar-refractivity contribution in [3.05, 3.63) is 42.5 Å². The number of nitrogens with two attached hydrogens (primary N) is 1. The number of anilines is 1. The van der Waals surface area contributed by atoms with Crippen LogP contribution in [-0.4, -0.2) is 28.3 Å². The second kappa shape index (κ2) is 5.16. The molecule has 1 heterocycles. The Morgan fingerprint density at radius 3 is 2.67 bits per heavy atom. The molecule has 6 nitrogen and oxygen atoms in total. The van der Waals surface area contributed by atoms with Crippen LogP contribution in [0.4, 0.5) is 5.69 Å². The molecule has 21 heavy (non-hydrogen) atoms. The van der Waals surface area contributed by atoms with Gasteiger partial charge in [0, 0.05) is 25.5 Å². The van der Waals surface area contributed by atoms with Gasteiger partial charge in [-0.05, 0) is 25.0 Å². The molecule has 0 unspecified atom stereocenters. The van der Waals surface area contributed by atoms with Crippen LogP contribution in [0.15, 0.2) is 41.6 Å². The average molecular weight is 306 g/mol. The summed E-state index contributed by atoms with van der Waals surface area (Å²) in [7, 11) is -1.75. The molecule has 0 aliphatic heterocycles. The number of aromatic nitrogens is 2. The van der Waals surface area contributed by atoms with Gasteiger partial charge in [-0.1, -0.05) is 12.1 Å². The van der Waals surface area contributed by atoms with Gasteiger partial charge in [0.1, 0.15) is 10.7 Å². The molecule has 1 aliphatic carbocycles. The fourth-order valence-corrected chi connectivity index (χ4v) is 4.06. The van der Waals surface area contributed by atoms with E-state index >= 15 is 0 Å². The van der Waals surface area contributed by atoms with Crippen molar-refractivity contribution in [3.8, 4) is 0 Å².